The molecule has 0 fully saturated rings. The zero-order valence-corrected chi connectivity index (χ0v) is 10.9. The summed E-state index contributed by atoms with van der Waals surface area (Å²) in [6, 6.07) is 8.68. The third-order valence-electron chi connectivity index (χ3n) is 2.93. The molecule has 0 unspecified atom stereocenters. The van der Waals surface area contributed by atoms with E-state index >= 15 is 0 Å². The number of carboxylic acids is 1. The van der Waals surface area contributed by atoms with Crippen molar-refractivity contribution in [3.05, 3.63) is 58.9 Å². The molecule has 0 spiro atoms. The lowest BCUT2D eigenvalue weighted by Crippen LogP contribution is -2.05. The minimum absolute atomic E-state index is 0.0215. The van der Waals surface area contributed by atoms with E-state index in [9.17, 15) is 9.18 Å². The third kappa shape index (κ3) is 3.06. The minimum atomic E-state index is -1.10. The number of nitrogens with two attached hydrogens (primary N) is 1. The van der Waals surface area contributed by atoms with Crippen molar-refractivity contribution in [1.29, 1.82) is 0 Å². The standard InChI is InChI=1S/C15H14FNO3/c1-9-2-3-11(16)6-10(9)8-20-14-7-12(17)4-5-13(14)15(18)19/h2-7H,8,17H2,1H3,(H,18,19). The number of nitrogen functional groups attached to an aromatic ring is 1. The number of rotatable bonds is 4. The van der Waals surface area contributed by atoms with Gasteiger partial charge in [-0.15, -0.1) is 0 Å². The topological polar surface area (TPSA) is 72.5 Å². The van der Waals surface area contributed by atoms with Crippen LogP contribution in [0, 0.1) is 12.7 Å². The molecule has 0 amide bonds. The van der Waals surface area contributed by atoms with Crippen molar-refractivity contribution < 1.29 is 19.0 Å². The van der Waals surface area contributed by atoms with Crippen LogP contribution in [0.4, 0.5) is 10.1 Å². The Bertz CT molecular complexity index is 656. The van der Waals surface area contributed by atoms with Crippen LogP contribution in [0.25, 0.3) is 0 Å². The van der Waals surface area contributed by atoms with Gasteiger partial charge in [-0.2, -0.15) is 0 Å². The first-order chi connectivity index (χ1) is 9.47. The second kappa shape index (κ2) is 5.61. The largest absolute Gasteiger partial charge is 0.488 e. The van der Waals surface area contributed by atoms with Crippen molar-refractivity contribution >= 4 is 11.7 Å². The number of aryl methyl sites for hydroxylation is 1. The number of benzene rings is 2. The highest BCUT2D eigenvalue weighted by Crippen LogP contribution is 2.23. The lowest BCUT2D eigenvalue weighted by Gasteiger charge is -2.11. The Balaban J connectivity index is 2.24. The molecule has 0 radical (unpaired) electrons. The third-order valence-corrected chi connectivity index (χ3v) is 2.93. The molecule has 5 heteroatoms. The Morgan fingerprint density at radius 3 is 2.75 bits per heavy atom. The predicted octanol–water partition coefficient (Wildman–Crippen LogP) is 2.99. The zero-order chi connectivity index (χ0) is 14.7. The Kier molecular flexibility index (Phi) is 3.89. The van der Waals surface area contributed by atoms with Crippen LogP contribution in [-0.4, -0.2) is 11.1 Å². The number of anilines is 1. The van der Waals surface area contributed by atoms with Crippen LogP contribution in [-0.2, 0) is 6.61 Å². The molecule has 0 heterocycles. The highest BCUT2D eigenvalue weighted by Gasteiger charge is 2.12. The summed E-state index contributed by atoms with van der Waals surface area (Å²) in [7, 11) is 0. The first-order valence-electron chi connectivity index (χ1n) is 5.98. The number of halogens is 1. The summed E-state index contributed by atoms with van der Waals surface area (Å²) in [5.41, 5.74) is 7.57. The van der Waals surface area contributed by atoms with Crippen molar-refractivity contribution in [2.45, 2.75) is 13.5 Å². The molecule has 3 N–H and O–H groups in total. The summed E-state index contributed by atoms with van der Waals surface area (Å²) in [6.07, 6.45) is 0. The van der Waals surface area contributed by atoms with E-state index in [1.165, 1.54) is 30.3 Å². The van der Waals surface area contributed by atoms with Crippen LogP contribution in [0.15, 0.2) is 36.4 Å². The van der Waals surface area contributed by atoms with Gasteiger partial charge in [0.1, 0.15) is 23.7 Å². The van der Waals surface area contributed by atoms with Gasteiger partial charge in [0.15, 0.2) is 0 Å². The molecule has 2 rings (SSSR count). The molecule has 0 aliphatic carbocycles. The molecule has 2 aromatic rings. The normalized spacial score (nSPS) is 10.3. The average Bonchev–Trinajstić information content (AvgIpc) is 2.39. The molecule has 4 nitrogen and oxygen atoms in total. The number of aromatic carboxylic acids is 1. The zero-order valence-electron chi connectivity index (χ0n) is 10.9. The summed E-state index contributed by atoms with van der Waals surface area (Å²) in [6.45, 7) is 1.91. The fourth-order valence-corrected chi connectivity index (χ4v) is 1.79. The summed E-state index contributed by atoms with van der Waals surface area (Å²) in [4.78, 5) is 11.1. The Labute approximate surface area is 115 Å². The van der Waals surface area contributed by atoms with Crippen LogP contribution in [0.3, 0.4) is 0 Å². The van der Waals surface area contributed by atoms with Gasteiger partial charge in [-0.05, 0) is 42.3 Å². The maximum Gasteiger partial charge on any atom is 0.339 e. The van der Waals surface area contributed by atoms with E-state index in [0.29, 0.717) is 11.3 Å². The van der Waals surface area contributed by atoms with Gasteiger partial charge in [-0.25, -0.2) is 9.18 Å². The van der Waals surface area contributed by atoms with Gasteiger partial charge in [-0.1, -0.05) is 6.07 Å². The Morgan fingerprint density at radius 1 is 1.30 bits per heavy atom. The van der Waals surface area contributed by atoms with Gasteiger partial charge < -0.3 is 15.6 Å². The molecular formula is C15H14FNO3. The van der Waals surface area contributed by atoms with Crippen LogP contribution in [0.5, 0.6) is 5.75 Å². The van der Waals surface area contributed by atoms with E-state index in [1.54, 1.807) is 6.07 Å². The molecule has 0 bridgehead atoms. The molecule has 104 valence electrons. The minimum Gasteiger partial charge on any atom is -0.488 e. The van der Waals surface area contributed by atoms with E-state index < -0.39 is 5.97 Å². The van der Waals surface area contributed by atoms with Crippen molar-refractivity contribution in [2.24, 2.45) is 0 Å². The summed E-state index contributed by atoms with van der Waals surface area (Å²) >= 11 is 0. The SMILES string of the molecule is Cc1ccc(F)cc1COc1cc(N)ccc1C(=O)O. The fraction of sp³-hybridized carbons (Fsp3) is 0.133. The quantitative estimate of drug-likeness (QED) is 0.841. The van der Waals surface area contributed by atoms with Gasteiger partial charge in [0.05, 0.1) is 0 Å². The molecule has 0 aliphatic heterocycles. The number of carbonyl (C=O) groups is 1. The van der Waals surface area contributed by atoms with E-state index in [2.05, 4.69) is 0 Å². The van der Waals surface area contributed by atoms with Crippen molar-refractivity contribution in [1.82, 2.24) is 0 Å². The lowest BCUT2D eigenvalue weighted by molar-refractivity contribution is 0.0692. The molecule has 2 aromatic carbocycles. The maximum absolute atomic E-state index is 13.2. The monoisotopic (exact) mass is 275 g/mol. The average molecular weight is 275 g/mol. The maximum atomic E-state index is 13.2. The smallest absolute Gasteiger partial charge is 0.339 e. The van der Waals surface area contributed by atoms with Crippen molar-refractivity contribution in [2.75, 3.05) is 5.73 Å². The molecule has 0 saturated heterocycles. The molecule has 0 atom stereocenters. The number of hydrogen-bond donors (Lipinski definition) is 2. The molecule has 20 heavy (non-hydrogen) atoms. The van der Waals surface area contributed by atoms with Gasteiger partial charge in [0, 0.05) is 11.8 Å². The molecular weight excluding hydrogens is 261 g/mol. The first-order valence-corrected chi connectivity index (χ1v) is 5.98. The van der Waals surface area contributed by atoms with Crippen LogP contribution in [0.1, 0.15) is 21.5 Å². The molecule has 0 aliphatic rings. The van der Waals surface area contributed by atoms with Gasteiger partial charge in [0.2, 0.25) is 0 Å². The molecule has 0 aromatic heterocycles. The predicted molar refractivity (Wildman–Crippen MR) is 73.3 cm³/mol. The van der Waals surface area contributed by atoms with Crippen molar-refractivity contribution in [3.8, 4) is 5.75 Å². The fourth-order valence-electron chi connectivity index (χ4n) is 1.79. The van der Waals surface area contributed by atoms with Crippen LogP contribution < -0.4 is 10.5 Å². The summed E-state index contributed by atoms with van der Waals surface area (Å²) in [5, 5.41) is 9.07. The Morgan fingerprint density at radius 2 is 2.05 bits per heavy atom. The second-order valence-corrected chi connectivity index (χ2v) is 4.42. The van der Waals surface area contributed by atoms with E-state index in [4.69, 9.17) is 15.6 Å². The van der Waals surface area contributed by atoms with Gasteiger partial charge in [0.25, 0.3) is 0 Å². The first kappa shape index (κ1) is 13.9. The summed E-state index contributed by atoms with van der Waals surface area (Å²) < 4.78 is 18.6. The number of ether oxygens (including phenoxy) is 1. The van der Waals surface area contributed by atoms with E-state index in [-0.39, 0.29) is 23.7 Å². The van der Waals surface area contributed by atoms with Crippen molar-refractivity contribution in [3.63, 3.8) is 0 Å². The molecule has 0 saturated carbocycles. The highest BCUT2D eigenvalue weighted by atomic mass is 19.1. The van der Waals surface area contributed by atoms with E-state index in [1.807, 2.05) is 6.92 Å². The number of hydrogen-bond acceptors (Lipinski definition) is 3. The number of carboxylic acid groups (broad SMARTS) is 1. The van der Waals surface area contributed by atoms with E-state index in [0.717, 1.165) is 5.56 Å². The van der Waals surface area contributed by atoms with Gasteiger partial charge in [-0.3, -0.25) is 0 Å². The highest BCUT2D eigenvalue weighted by molar-refractivity contribution is 5.91. The van der Waals surface area contributed by atoms with Crippen LogP contribution >= 0.6 is 0 Å². The lowest BCUT2D eigenvalue weighted by atomic mass is 10.1. The second-order valence-electron chi connectivity index (χ2n) is 4.42. The van der Waals surface area contributed by atoms with Crippen LogP contribution in [0.2, 0.25) is 0 Å². The summed E-state index contributed by atoms with van der Waals surface area (Å²) in [5.74, 6) is -1.29. The Hall–Kier alpha value is -2.56. The van der Waals surface area contributed by atoms with Gasteiger partial charge >= 0.3 is 5.97 Å².